The monoisotopic (exact) mass is 280 g/mol. The summed E-state index contributed by atoms with van der Waals surface area (Å²) in [5.74, 6) is 0.881. The fourth-order valence-electron chi connectivity index (χ4n) is 1.29. The van der Waals surface area contributed by atoms with Gasteiger partial charge in [-0.15, -0.1) is 0 Å². The van der Waals surface area contributed by atoms with Gasteiger partial charge in [-0.05, 0) is 19.1 Å². The Morgan fingerprint density at radius 3 is 2.67 bits per heavy atom. The van der Waals surface area contributed by atoms with Crippen molar-refractivity contribution in [3.63, 3.8) is 0 Å². The van der Waals surface area contributed by atoms with E-state index in [0.717, 1.165) is 0 Å². The lowest BCUT2D eigenvalue weighted by atomic mass is 10.2. The van der Waals surface area contributed by atoms with E-state index in [2.05, 4.69) is 15.3 Å². The second kappa shape index (κ2) is 6.67. The number of hydrogen-bond acceptors (Lipinski definition) is 5. The summed E-state index contributed by atoms with van der Waals surface area (Å²) in [5, 5.41) is 3.47. The van der Waals surface area contributed by atoms with E-state index < -0.39 is 12.6 Å². The largest absolute Gasteiger partial charge is 0.389 e. The number of nitrogens with one attached hydrogen (secondary N) is 1. The minimum Gasteiger partial charge on any atom is -0.383 e. The van der Waals surface area contributed by atoms with E-state index in [4.69, 9.17) is 5.73 Å². The number of thioether (sulfide) groups is 1. The summed E-state index contributed by atoms with van der Waals surface area (Å²) in [6.07, 6.45) is -2.48. The molecule has 0 fully saturated rings. The van der Waals surface area contributed by atoms with Crippen LogP contribution in [-0.4, -0.2) is 28.9 Å². The van der Waals surface area contributed by atoms with E-state index in [1.165, 1.54) is 11.8 Å². The molecule has 0 saturated heterocycles. The van der Waals surface area contributed by atoms with Gasteiger partial charge in [-0.3, -0.25) is 0 Å². The molecular weight excluding hydrogens is 265 g/mol. The first-order valence-electron chi connectivity index (χ1n) is 5.40. The summed E-state index contributed by atoms with van der Waals surface area (Å²) < 4.78 is 35.7. The third kappa shape index (κ3) is 5.95. The lowest BCUT2D eigenvalue weighted by Crippen LogP contribution is -2.09. The Bertz CT molecular complexity index is 384. The van der Waals surface area contributed by atoms with Gasteiger partial charge in [-0.1, -0.05) is 11.8 Å². The molecule has 0 aliphatic carbocycles. The van der Waals surface area contributed by atoms with Crippen LogP contribution in [0.4, 0.5) is 24.8 Å². The first-order valence-corrected chi connectivity index (χ1v) is 6.62. The van der Waals surface area contributed by atoms with Crippen LogP contribution in [0.25, 0.3) is 0 Å². The van der Waals surface area contributed by atoms with E-state index in [1.54, 1.807) is 6.07 Å². The van der Waals surface area contributed by atoms with Crippen LogP contribution in [0, 0.1) is 0 Å². The molecule has 0 spiro atoms. The predicted molar refractivity (Wildman–Crippen MR) is 66.6 cm³/mol. The van der Waals surface area contributed by atoms with Gasteiger partial charge in [0.2, 0.25) is 0 Å². The van der Waals surface area contributed by atoms with Crippen LogP contribution in [0.1, 0.15) is 19.3 Å². The number of alkyl halides is 3. The maximum absolute atomic E-state index is 11.9. The molecule has 8 heteroatoms. The van der Waals surface area contributed by atoms with Crippen molar-refractivity contribution >= 4 is 23.4 Å². The molecule has 0 amide bonds. The highest BCUT2D eigenvalue weighted by Crippen LogP contribution is 2.22. The van der Waals surface area contributed by atoms with E-state index >= 15 is 0 Å². The van der Waals surface area contributed by atoms with Crippen molar-refractivity contribution in [1.29, 1.82) is 0 Å². The zero-order valence-electron chi connectivity index (χ0n) is 9.92. The average molecular weight is 280 g/mol. The number of anilines is 2. The molecular formula is C10H15F3N4S. The van der Waals surface area contributed by atoms with Crippen molar-refractivity contribution in [1.82, 2.24) is 9.97 Å². The number of nitrogens with zero attached hydrogens (tertiary/aromatic N) is 2. The standard InChI is InChI=1S/C10H15F3N4S/c1-18-9-16-7(14)6-8(17-9)15-5-3-2-4-10(11,12)13/h6H,2-5H2,1H3,(H3,14,15,16,17). The van der Waals surface area contributed by atoms with Gasteiger partial charge >= 0.3 is 6.18 Å². The minimum atomic E-state index is -4.08. The first kappa shape index (κ1) is 14.9. The van der Waals surface area contributed by atoms with Crippen LogP contribution in [0.5, 0.6) is 0 Å². The Morgan fingerprint density at radius 1 is 1.33 bits per heavy atom. The SMILES string of the molecule is CSc1nc(N)cc(NCCCCC(F)(F)F)n1. The zero-order chi connectivity index (χ0) is 13.6. The molecule has 1 aromatic rings. The van der Waals surface area contributed by atoms with Gasteiger partial charge in [-0.2, -0.15) is 13.2 Å². The number of nitrogens with two attached hydrogens (primary N) is 1. The molecule has 4 nitrogen and oxygen atoms in total. The van der Waals surface area contributed by atoms with Crippen LogP contribution in [-0.2, 0) is 0 Å². The summed E-state index contributed by atoms with van der Waals surface area (Å²) in [6, 6.07) is 1.56. The fourth-order valence-corrected chi connectivity index (χ4v) is 1.68. The number of nitrogen functional groups attached to an aromatic ring is 1. The molecule has 18 heavy (non-hydrogen) atoms. The molecule has 0 atom stereocenters. The molecule has 0 unspecified atom stereocenters. The minimum absolute atomic E-state index is 0.104. The van der Waals surface area contributed by atoms with Crippen LogP contribution in [0.15, 0.2) is 11.2 Å². The number of unbranched alkanes of at least 4 members (excludes halogenated alkanes) is 1. The molecule has 0 aromatic carbocycles. The van der Waals surface area contributed by atoms with E-state index in [-0.39, 0.29) is 6.42 Å². The van der Waals surface area contributed by atoms with E-state index in [0.29, 0.717) is 29.8 Å². The van der Waals surface area contributed by atoms with Crippen molar-refractivity contribution in [3.05, 3.63) is 6.07 Å². The lowest BCUT2D eigenvalue weighted by Gasteiger charge is -2.08. The Hall–Kier alpha value is -1.18. The van der Waals surface area contributed by atoms with Crippen molar-refractivity contribution in [3.8, 4) is 0 Å². The highest BCUT2D eigenvalue weighted by molar-refractivity contribution is 7.98. The van der Waals surface area contributed by atoms with Gasteiger partial charge in [0, 0.05) is 19.0 Å². The van der Waals surface area contributed by atoms with Gasteiger partial charge in [0.15, 0.2) is 5.16 Å². The summed E-state index contributed by atoms with van der Waals surface area (Å²) in [5.41, 5.74) is 5.57. The quantitative estimate of drug-likeness (QED) is 0.476. The Labute approximate surface area is 108 Å². The van der Waals surface area contributed by atoms with Crippen LogP contribution in [0.3, 0.4) is 0 Å². The second-order valence-electron chi connectivity index (χ2n) is 3.66. The van der Waals surface area contributed by atoms with Gasteiger partial charge in [0.05, 0.1) is 0 Å². The average Bonchev–Trinajstić information content (AvgIpc) is 2.26. The molecule has 1 heterocycles. The van der Waals surface area contributed by atoms with E-state index in [9.17, 15) is 13.2 Å². The summed E-state index contributed by atoms with van der Waals surface area (Å²) in [7, 11) is 0. The molecule has 1 rings (SSSR count). The van der Waals surface area contributed by atoms with Gasteiger partial charge in [0.25, 0.3) is 0 Å². The normalized spacial score (nSPS) is 11.6. The lowest BCUT2D eigenvalue weighted by molar-refractivity contribution is -0.135. The third-order valence-electron chi connectivity index (χ3n) is 2.10. The third-order valence-corrected chi connectivity index (χ3v) is 2.65. The maximum atomic E-state index is 11.9. The van der Waals surface area contributed by atoms with E-state index in [1.807, 2.05) is 6.26 Å². The highest BCUT2D eigenvalue weighted by atomic mass is 32.2. The molecule has 1 aromatic heterocycles. The number of rotatable bonds is 6. The Kier molecular flexibility index (Phi) is 5.52. The molecule has 0 saturated carbocycles. The van der Waals surface area contributed by atoms with Crippen LogP contribution in [0.2, 0.25) is 0 Å². The number of hydrogen-bond donors (Lipinski definition) is 2. The van der Waals surface area contributed by atoms with Gasteiger partial charge in [0.1, 0.15) is 11.6 Å². The van der Waals surface area contributed by atoms with Crippen molar-refractivity contribution in [2.45, 2.75) is 30.6 Å². The Balaban J connectivity index is 2.33. The van der Waals surface area contributed by atoms with Crippen LogP contribution >= 0.6 is 11.8 Å². The number of halogens is 3. The first-order chi connectivity index (χ1) is 8.40. The number of aromatic nitrogens is 2. The molecule has 102 valence electrons. The molecule has 0 aliphatic heterocycles. The van der Waals surface area contributed by atoms with Crippen LogP contribution < -0.4 is 11.1 Å². The molecule has 0 aliphatic rings. The van der Waals surface area contributed by atoms with Crippen molar-refractivity contribution < 1.29 is 13.2 Å². The fraction of sp³-hybridized carbons (Fsp3) is 0.600. The maximum Gasteiger partial charge on any atom is 0.389 e. The summed E-state index contributed by atoms with van der Waals surface area (Å²) >= 11 is 1.35. The summed E-state index contributed by atoms with van der Waals surface area (Å²) in [4.78, 5) is 8.11. The molecule has 3 N–H and O–H groups in total. The molecule has 0 bridgehead atoms. The summed E-state index contributed by atoms with van der Waals surface area (Å²) in [6.45, 7) is 0.431. The second-order valence-corrected chi connectivity index (χ2v) is 4.44. The molecule has 0 radical (unpaired) electrons. The van der Waals surface area contributed by atoms with Gasteiger partial charge < -0.3 is 11.1 Å². The highest BCUT2D eigenvalue weighted by Gasteiger charge is 2.25. The van der Waals surface area contributed by atoms with Gasteiger partial charge in [-0.25, -0.2) is 9.97 Å². The zero-order valence-corrected chi connectivity index (χ0v) is 10.7. The van der Waals surface area contributed by atoms with Crippen molar-refractivity contribution in [2.24, 2.45) is 0 Å². The predicted octanol–water partition coefficient (Wildman–Crippen LogP) is 2.93. The topological polar surface area (TPSA) is 63.8 Å². The van der Waals surface area contributed by atoms with Crippen molar-refractivity contribution in [2.75, 3.05) is 23.9 Å². The Morgan fingerprint density at radius 2 is 2.06 bits per heavy atom. The smallest absolute Gasteiger partial charge is 0.383 e.